The number of aryl methyl sites for hydroxylation is 3. The molecular weight excluding hydrogens is 408 g/mol. The molecule has 1 saturated heterocycles. The van der Waals surface area contributed by atoms with Crippen LogP contribution in [0.1, 0.15) is 46.4 Å². The van der Waals surface area contributed by atoms with E-state index in [-0.39, 0.29) is 5.91 Å². The Morgan fingerprint density at radius 1 is 1.13 bits per heavy atom. The van der Waals surface area contributed by atoms with Crippen molar-refractivity contribution in [3.63, 3.8) is 0 Å². The molecule has 4 rings (SSSR count). The van der Waals surface area contributed by atoms with Gasteiger partial charge in [0, 0.05) is 42.1 Å². The number of anilines is 2. The minimum absolute atomic E-state index is 0.0492. The lowest BCUT2D eigenvalue weighted by Gasteiger charge is -2.31. The zero-order valence-electron chi connectivity index (χ0n) is 18.0. The molecule has 0 radical (unpaired) electrons. The van der Waals surface area contributed by atoms with E-state index in [1.165, 1.54) is 5.56 Å². The molecule has 0 spiro atoms. The lowest BCUT2D eigenvalue weighted by molar-refractivity contribution is -0.126. The van der Waals surface area contributed by atoms with E-state index in [9.17, 15) is 4.79 Å². The largest absolute Gasteiger partial charge is 0.339 e. The topological polar surface area (TPSA) is 83.9 Å². The van der Waals surface area contributed by atoms with Crippen molar-refractivity contribution in [1.82, 2.24) is 24.8 Å². The van der Waals surface area contributed by atoms with Crippen LogP contribution >= 0.6 is 11.3 Å². The molecule has 8 heteroatoms. The molecule has 1 aliphatic heterocycles. The number of thiazole rings is 1. The number of carbonyl (C=O) groups is 1. The van der Waals surface area contributed by atoms with Crippen LogP contribution in [0.2, 0.25) is 0 Å². The van der Waals surface area contributed by atoms with E-state index >= 15 is 0 Å². The first-order chi connectivity index (χ1) is 15.0. The van der Waals surface area contributed by atoms with Crippen molar-refractivity contribution in [1.29, 1.82) is 0 Å². The summed E-state index contributed by atoms with van der Waals surface area (Å²) in [6.45, 7) is 7.35. The number of nitrogens with zero attached hydrogens (tertiary/aromatic N) is 5. The Balaban J connectivity index is 1.36. The Hall–Kier alpha value is -3.13. The Labute approximate surface area is 186 Å². The van der Waals surface area contributed by atoms with Gasteiger partial charge in [-0.05, 0) is 69.4 Å². The molecule has 0 saturated carbocycles. The number of piperidine rings is 1. The van der Waals surface area contributed by atoms with Crippen LogP contribution in [0.25, 0.3) is 6.08 Å². The van der Waals surface area contributed by atoms with Gasteiger partial charge in [-0.25, -0.2) is 19.9 Å². The second-order valence-electron chi connectivity index (χ2n) is 7.80. The fourth-order valence-electron chi connectivity index (χ4n) is 3.82. The van der Waals surface area contributed by atoms with E-state index in [1.807, 2.05) is 43.3 Å². The number of nitrogens with one attached hydrogen (secondary N) is 1. The van der Waals surface area contributed by atoms with Crippen LogP contribution in [0, 0.1) is 20.8 Å². The number of hydrogen-bond donors (Lipinski definition) is 1. The minimum atomic E-state index is 0.0492. The van der Waals surface area contributed by atoms with Gasteiger partial charge in [-0.1, -0.05) is 0 Å². The van der Waals surface area contributed by atoms with Gasteiger partial charge in [-0.15, -0.1) is 11.3 Å². The Kier molecular flexibility index (Phi) is 6.36. The van der Waals surface area contributed by atoms with Gasteiger partial charge in [-0.3, -0.25) is 4.79 Å². The third-order valence-electron chi connectivity index (χ3n) is 5.32. The molecule has 3 aromatic rings. The van der Waals surface area contributed by atoms with Gasteiger partial charge in [0.25, 0.3) is 0 Å². The monoisotopic (exact) mass is 434 g/mol. The average molecular weight is 435 g/mol. The predicted octanol–water partition coefficient (Wildman–Crippen LogP) is 4.42. The number of rotatable bonds is 5. The Bertz CT molecular complexity index is 1080. The zero-order chi connectivity index (χ0) is 21.8. The molecule has 1 aliphatic rings. The van der Waals surface area contributed by atoms with Gasteiger partial charge in [0.15, 0.2) is 0 Å². The molecule has 0 unspecified atom stereocenters. The smallest absolute Gasteiger partial charge is 0.246 e. The third kappa shape index (κ3) is 5.52. The summed E-state index contributed by atoms with van der Waals surface area (Å²) in [6.07, 6.45) is 7.11. The summed E-state index contributed by atoms with van der Waals surface area (Å²) in [5.74, 6) is 1.75. The lowest BCUT2D eigenvalue weighted by Crippen LogP contribution is -2.36. The van der Waals surface area contributed by atoms with E-state index in [0.29, 0.717) is 11.9 Å². The van der Waals surface area contributed by atoms with E-state index in [2.05, 4.69) is 37.4 Å². The molecule has 7 nitrogen and oxygen atoms in total. The zero-order valence-corrected chi connectivity index (χ0v) is 18.8. The van der Waals surface area contributed by atoms with Crippen molar-refractivity contribution in [2.75, 3.05) is 18.4 Å². The van der Waals surface area contributed by atoms with Crippen LogP contribution in [0.3, 0.4) is 0 Å². The van der Waals surface area contributed by atoms with Crippen LogP contribution in [-0.4, -0.2) is 43.8 Å². The molecule has 0 aromatic carbocycles. The molecule has 1 N–H and O–H groups in total. The summed E-state index contributed by atoms with van der Waals surface area (Å²) < 4.78 is 0. The number of pyridine rings is 1. The van der Waals surface area contributed by atoms with Crippen molar-refractivity contribution in [3.8, 4) is 0 Å². The number of hydrogen-bond acceptors (Lipinski definition) is 7. The third-order valence-corrected chi connectivity index (χ3v) is 6.11. The molecule has 160 valence electrons. The van der Waals surface area contributed by atoms with E-state index in [4.69, 9.17) is 0 Å². The van der Waals surface area contributed by atoms with Gasteiger partial charge in [-0.2, -0.15) is 0 Å². The Morgan fingerprint density at radius 3 is 2.55 bits per heavy atom. The van der Waals surface area contributed by atoms with Crippen molar-refractivity contribution in [3.05, 3.63) is 63.5 Å². The summed E-state index contributed by atoms with van der Waals surface area (Å²) in [4.78, 5) is 32.1. The SMILES string of the molecule is Cc1cc(C)nc(Nc2cc(C3CCN(C(=O)/C=C/c4csc(C)n4)CC3)ccn2)n1. The summed E-state index contributed by atoms with van der Waals surface area (Å²) in [5.41, 5.74) is 3.90. The fraction of sp³-hybridized carbons (Fsp3) is 0.348. The van der Waals surface area contributed by atoms with Gasteiger partial charge < -0.3 is 10.2 Å². The lowest BCUT2D eigenvalue weighted by atomic mass is 9.90. The maximum Gasteiger partial charge on any atom is 0.246 e. The average Bonchev–Trinajstić information content (AvgIpc) is 3.17. The van der Waals surface area contributed by atoms with Crippen LogP contribution in [0.5, 0.6) is 0 Å². The van der Waals surface area contributed by atoms with E-state index in [0.717, 1.165) is 53.8 Å². The standard InChI is InChI=1S/C23H26N6OS/c1-15-12-16(2)26-23(25-15)28-21-13-19(6-9-24-21)18-7-10-29(11-8-18)22(30)5-4-20-14-31-17(3)27-20/h4-6,9,12-14,18H,7-8,10-11H2,1-3H3,(H,24,25,26,28)/b5-4+. The number of carbonyl (C=O) groups excluding carboxylic acids is 1. The van der Waals surface area contributed by atoms with Crippen molar-refractivity contribution < 1.29 is 4.79 Å². The number of likely N-dealkylation sites (tertiary alicyclic amines) is 1. The van der Waals surface area contributed by atoms with E-state index < -0.39 is 0 Å². The maximum atomic E-state index is 12.5. The molecule has 3 aromatic heterocycles. The molecule has 4 heterocycles. The minimum Gasteiger partial charge on any atom is -0.339 e. The highest BCUT2D eigenvalue weighted by atomic mass is 32.1. The molecule has 0 aliphatic carbocycles. The predicted molar refractivity (Wildman–Crippen MR) is 123 cm³/mol. The highest BCUT2D eigenvalue weighted by Crippen LogP contribution is 2.29. The van der Waals surface area contributed by atoms with Gasteiger partial charge in [0.1, 0.15) is 5.82 Å². The highest BCUT2D eigenvalue weighted by molar-refractivity contribution is 7.09. The first kappa shape index (κ1) is 21.1. The van der Waals surface area contributed by atoms with Crippen LogP contribution in [-0.2, 0) is 4.79 Å². The van der Waals surface area contributed by atoms with Crippen molar-refractivity contribution in [2.45, 2.75) is 39.5 Å². The van der Waals surface area contributed by atoms with Crippen LogP contribution in [0.15, 0.2) is 35.9 Å². The van der Waals surface area contributed by atoms with Gasteiger partial charge >= 0.3 is 0 Å². The van der Waals surface area contributed by atoms with Crippen LogP contribution < -0.4 is 5.32 Å². The summed E-state index contributed by atoms with van der Waals surface area (Å²) in [6, 6.07) is 6.06. The molecule has 1 fully saturated rings. The van der Waals surface area contributed by atoms with Crippen molar-refractivity contribution >= 4 is 35.1 Å². The number of amides is 1. The molecular formula is C23H26N6OS. The second kappa shape index (κ2) is 9.34. The van der Waals surface area contributed by atoms with Crippen molar-refractivity contribution in [2.24, 2.45) is 0 Å². The Morgan fingerprint density at radius 2 is 1.87 bits per heavy atom. The number of aromatic nitrogens is 4. The highest BCUT2D eigenvalue weighted by Gasteiger charge is 2.23. The first-order valence-electron chi connectivity index (χ1n) is 10.4. The second-order valence-corrected chi connectivity index (χ2v) is 8.86. The normalized spacial score (nSPS) is 14.9. The summed E-state index contributed by atoms with van der Waals surface area (Å²) in [7, 11) is 0. The van der Waals surface area contributed by atoms with Gasteiger partial charge in [0.2, 0.25) is 11.9 Å². The van der Waals surface area contributed by atoms with Gasteiger partial charge in [0.05, 0.1) is 10.7 Å². The fourth-order valence-corrected chi connectivity index (χ4v) is 4.40. The molecule has 1 amide bonds. The van der Waals surface area contributed by atoms with E-state index in [1.54, 1.807) is 23.5 Å². The molecule has 0 bridgehead atoms. The maximum absolute atomic E-state index is 12.5. The quantitative estimate of drug-likeness (QED) is 0.599. The van der Waals surface area contributed by atoms with Crippen LogP contribution in [0.4, 0.5) is 11.8 Å². The molecule has 31 heavy (non-hydrogen) atoms. The summed E-state index contributed by atoms with van der Waals surface area (Å²) in [5, 5.41) is 6.18. The molecule has 0 atom stereocenters. The first-order valence-corrected chi connectivity index (χ1v) is 11.3. The summed E-state index contributed by atoms with van der Waals surface area (Å²) >= 11 is 1.59.